The minimum Gasteiger partial charge on any atom is -0.299 e. The molecule has 2 aromatic rings. The van der Waals surface area contributed by atoms with Crippen LogP contribution in [0, 0.1) is 6.92 Å². The fourth-order valence-corrected chi connectivity index (χ4v) is 3.75. The number of carbonyl (C=O) groups is 1. The Morgan fingerprint density at radius 2 is 2.10 bits per heavy atom. The monoisotopic (exact) mass is 326 g/mol. The predicted molar refractivity (Wildman–Crippen MR) is 85.2 cm³/mol. The number of rotatable bonds is 6. The lowest BCUT2D eigenvalue weighted by Crippen LogP contribution is -2.25. The third-order valence-electron chi connectivity index (χ3n) is 3.30. The second kappa shape index (κ2) is 6.95. The van der Waals surface area contributed by atoms with Crippen molar-refractivity contribution < 1.29 is 4.79 Å². The second-order valence-electron chi connectivity index (χ2n) is 4.74. The molecule has 0 saturated carbocycles. The summed E-state index contributed by atoms with van der Waals surface area (Å²) in [5.74, 6) is 0.126. The van der Waals surface area contributed by atoms with Gasteiger partial charge in [-0.1, -0.05) is 36.5 Å². The van der Waals surface area contributed by atoms with Gasteiger partial charge in [0.2, 0.25) is 11.0 Å². The number of aryl methyl sites for hydroxylation is 1. The van der Waals surface area contributed by atoms with Gasteiger partial charge in [0.1, 0.15) is 11.6 Å². The van der Waals surface area contributed by atoms with Crippen molar-refractivity contribution >= 4 is 33.7 Å². The molecule has 0 aromatic carbocycles. The summed E-state index contributed by atoms with van der Waals surface area (Å²) >= 11 is 2.50. The number of amides is 1. The van der Waals surface area contributed by atoms with Gasteiger partial charge in [0, 0.05) is 17.0 Å². The Labute approximate surface area is 130 Å². The van der Waals surface area contributed by atoms with Gasteiger partial charge < -0.3 is 0 Å². The van der Waals surface area contributed by atoms with Gasteiger partial charge in [0.05, 0.1) is 0 Å². The summed E-state index contributed by atoms with van der Waals surface area (Å²) in [6, 6.07) is 0. The smallest absolute Gasteiger partial charge is 0.299 e. The van der Waals surface area contributed by atoms with Crippen LogP contribution in [-0.4, -0.2) is 20.7 Å². The number of aromatic nitrogens is 3. The van der Waals surface area contributed by atoms with Gasteiger partial charge in [-0.05, 0) is 19.8 Å². The number of hydrogen-bond acceptors (Lipinski definition) is 6. The van der Waals surface area contributed by atoms with Gasteiger partial charge in [0.15, 0.2) is 0 Å². The molecule has 0 bridgehead atoms. The Morgan fingerprint density at radius 3 is 2.67 bits per heavy atom. The maximum atomic E-state index is 12.0. The van der Waals surface area contributed by atoms with Gasteiger partial charge in [0.25, 0.3) is 0 Å². The highest BCUT2D eigenvalue weighted by Gasteiger charge is 2.15. The van der Waals surface area contributed by atoms with Crippen LogP contribution in [0.1, 0.15) is 43.3 Å². The first kappa shape index (κ1) is 15.8. The van der Waals surface area contributed by atoms with Crippen molar-refractivity contribution in [1.82, 2.24) is 14.8 Å². The largest absolute Gasteiger partial charge is 0.307 e. The Balaban J connectivity index is 2.02. The molecule has 21 heavy (non-hydrogen) atoms. The summed E-state index contributed by atoms with van der Waals surface area (Å²) in [4.78, 5) is 23.4. The van der Waals surface area contributed by atoms with Crippen LogP contribution in [0.3, 0.4) is 0 Å². The van der Waals surface area contributed by atoms with Crippen molar-refractivity contribution in [2.45, 2.75) is 46.1 Å². The van der Waals surface area contributed by atoms with E-state index in [1.807, 2.05) is 0 Å². The lowest BCUT2D eigenvalue weighted by atomic mass is 10.1. The fraction of sp³-hybridized carbons (Fsp3) is 0.538. The Bertz CT molecular complexity index is 670. The third kappa shape index (κ3) is 3.76. The van der Waals surface area contributed by atoms with Crippen molar-refractivity contribution in [1.29, 1.82) is 0 Å². The van der Waals surface area contributed by atoms with Crippen molar-refractivity contribution in [3.8, 4) is 0 Å². The van der Waals surface area contributed by atoms with E-state index in [9.17, 15) is 9.59 Å². The standard InChI is InChI=1S/C13H18N4O2S2/c1-4-9(5-2)11-15-16-12(21-11)14-10(18)6-17-8(3)7-20-13(17)19/h7,9H,4-6H2,1-3H3,(H,14,16,18). The predicted octanol–water partition coefficient (Wildman–Crippen LogP) is 2.61. The molecule has 8 heteroatoms. The highest BCUT2D eigenvalue weighted by molar-refractivity contribution is 7.15. The van der Waals surface area contributed by atoms with Crippen molar-refractivity contribution in [2.75, 3.05) is 5.32 Å². The van der Waals surface area contributed by atoms with Gasteiger partial charge >= 0.3 is 4.87 Å². The average Bonchev–Trinajstić information content (AvgIpc) is 3.02. The van der Waals surface area contributed by atoms with Crippen LogP contribution >= 0.6 is 22.7 Å². The molecule has 1 amide bonds. The minimum absolute atomic E-state index is 0.00800. The Morgan fingerprint density at radius 1 is 1.38 bits per heavy atom. The minimum atomic E-state index is -0.258. The molecule has 0 aliphatic rings. The van der Waals surface area contributed by atoms with E-state index in [0.717, 1.165) is 34.9 Å². The van der Waals surface area contributed by atoms with Crippen LogP contribution in [0.4, 0.5) is 5.13 Å². The van der Waals surface area contributed by atoms with Crippen molar-refractivity contribution in [3.05, 3.63) is 25.7 Å². The van der Waals surface area contributed by atoms with E-state index in [2.05, 4.69) is 29.4 Å². The molecule has 0 atom stereocenters. The van der Waals surface area contributed by atoms with E-state index < -0.39 is 0 Å². The van der Waals surface area contributed by atoms with Gasteiger partial charge in [-0.15, -0.1) is 10.2 Å². The van der Waals surface area contributed by atoms with E-state index in [1.165, 1.54) is 15.9 Å². The molecular formula is C13H18N4O2S2. The number of nitrogens with one attached hydrogen (secondary N) is 1. The molecule has 0 radical (unpaired) electrons. The van der Waals surface area contributed by atoms with Crippen LogP contribution in [0.15, 0.2) is 10.2 Å². The van der Waals surface area contributed by atoms with Crippen LogP contribution in [0.5, 0.6) is 0 Å². The first-order valence-electron chi connectivity index (χ1n) is 6.83. The summed E-state index contributed by atoms with van der Waals surface area (Å²) < 4.78 is 1.45. The summed E-state index contributed by atoms with van der Waals surface area (Å²) in [6.45, 7) is 6.04. The first-order chi connectivity index (χ1) is 10.0. The highest BCUT2D eigenvalue weighted by atomic mass is 32.1. The fourth-order valence-electron chi connectivity index (χ4n) is 1.99. The third-order valence-corrected chi connectivity index (χ3v) is 5.18. The summed E-state index contributed by atoms with van der Waals surface area (Å²) in [7, 11) is 0. The molecule has 0 aliphatic carbocycles. The van der Waals surface area contributed by atoms with E-state index >= 15 is 0 Å². The van der Waals surface area contributed by atoms with Crippen LogP contribution < -0.4 is 10.2 Å². The Hall–Kier alpha value is -1.54. The lowest BCUT2D eigenvalue weighted by molar-refractivity contribution is -0.116. The maximum absolute atomic E-state index is 12.0. The molecule has 2 rings (SSSR count). The quantitative estimate of drug-likeness (QED) is 0.885. The molecule has 0 aliphatic heterocycles. The van der Waals surface area contributed by atoms with E-state index in [-0.39, 0.29) is 17.3 Å². The van der Waals surface area contributed by atoms with E-state index in [4.69, 9.17) is 0 Å². The number of hydrogen-bond donors (Lipinski definition) is 1. The zero-order chi connectivity index (χ0) is 15.4. The molecule has 1 N–H and O–H groups in total. The van der Waals surface area contributed by atoms with E-state index in [0.29, 0.717) is 11.0 Å². The lowest BCUT2D eigenvalue weighted by Gasteiger charge is -2.06. The summed E-state index contributed by atoms with van der Waals surface area (Å²) in [5, 5.41) is 14.0. The highest BCUT2D eigenvalue weighted by Crippen LogP contribution is 2.27. The van der Waals surface area contributed by atoms with Crippen molar-refractivity contribution in [3.63, 3.8) is 0 Å². The van der Waals surface area contributed by atoms with Gasteiger partial charge in [-0.2, -0.15) is 0 Å². The molecule has 0 saturated heterocycles. The number of carbonyl (C=O) groups excluding carboxylic acids is 1. The van der Waals surface area contributed by atoms with Crippen molar-refractivity contribution in [2.24, 2.45) is 0 Å². The number of anilines is 1. The first-order valence-corrected chi connectivity index (χ1v) is 8.52. The van der Waals surface area contributed by atoms with E-state index in [1.54, 1.807) is 12.3 Å². The topological polar surface area (TPSA) is 76.9 Å². The summed E-state index contributed by atoms with van der Waals surface area (Å²) in [5.41, 5.74) is 0.787. The molecule has 6 nitrogen and oxygen atoms in total. The van der Waals surface area contributed by atoms with Crippen LogP contribution in [0.25, 0.3) is 0 Å². The van der Waals surface area contributed by atoms with Gasteiger partial charge in [-0.3, -0.25) is 19.5 Å². The maximum Gasteiger partial charge on any atom is 0.307 e. The SMILES string of the molecule is CCC(CC)c1nnc(NC(=O)Cn2c(C)csc2=O)s1. The molecule has 114 valence electrons. The Kier molecular flexibility index (Phi) is 5.24. The zero-order valence-corrected chi connectivity index (χ0v) is 13.9. The van der Waals surface area contributed by atoms with Crippen LogP contribution in [0.2, 0.25) is 0 Å². The summed E-state index contributed by atoms with van der Waals surface area (Å²) in [6.07, 6.45) is 2.01. The molecule has 2 aromatic heterocycles. The normalized spacial score (nSPS) is 11.0. The molecular weight excluding hydrogens is 308 g/mol. The zero-order valence-electron chi connectivity index (χ0n) is 12.3. The molecule has 0 fully saturated rings. The number of thiazole rings is 1. The average molecular weight is 326 g/mol. The number of nitrogens with zero attached hydrogens (tertiary/aromatic N) is 3. The molecule has 0 unspecified atom stereocenters. The molecule has 0 spiro atoms. The van der Waals surface area contributed by atoms with Crippen LogP contribution in [-0.2, 0) is 11.3 Å². The second-order valence-corrected chi connectivity index (χ2v) is 6.57. The van der Waals surface area contributed by atoms with Gasteiger partial charge in [-0.25, -0.2) is 0 Å². The molecule has 2 heterocycles.